The van der Waals surface area contributed by atoms with Gasteiger partial charge in [-0.25, -0.2) is 0 Å². The minimum absolute atomic E-state index is 0.0511. The van der Waals surface area contributed by atoms with E-state index in [-0.39, 0.29) is 47.4 Å². The molecular formula is C15H15NO4. The molecule has 2 bridgehead atoms. The number of fused-ring (bicyclic) bond motifs is 1. The number of phenols is 1. The highest BCUT2D eigenvalue weighted by Gasteiger charge is 2.63. The van der Waals surface area contributed by atoms with Crippen LogP contribution in [0.1, 0.15) is 12.8 Å². The van der Waals surface area contributed by atoms with Crippen molar-refractivity contribution in [3.8, 4) is 5.75 Å². The van der Waals surface area contributed by atoms with Gasteiger partial charge in [0.1, 0.15) is 11.9 Å². The van der Waals surface area contributed by atoms with Gasteiger partial charge in [0.2, 0.25) is 5.91 Å². The molecule has 3 fully saturated rings. The van der Waals surface area contributed by atoms with Gasteiger partial charge in [0.15, 0.2) is 0 Å². The Bertz CT molecular complexity index is 580. The van der Waals surface area contributed by atoms with E-state index in [9.17, 15) is 14.7 Å². The molecule has 1 heterocycles. The summed E-state index contributed by atoms with van der Waals surface area (Å²) in [5.74, 6) is -0.168. The second-order valence-electron chi connectivity index (χ2n) is 5.96. The fourth-order valence-corrected chi connectivity index (χ4v) is 4.13. The molecule has 5 nitrogen and oxygen atoms in total. The van der Waals surface area contributed by atoms with Gasteiger partial charge < -0.3 is 15.2 Å². The van der Waals surface area contributed by atoms with Crippen LogP contribution >= 0.6 is 0 Å². The third-order valence-electron chi connectivity index (χ3n) is 4.92. The van der Waals surface area contributed by atoms with Crippen LogP contribution in [0.3, 0.4) is 0 Å². The van der Waals surface area contributed by atoms with Crippen LogP contribution in [-0.2, 0) is 14.3 Å². The molecule has 104 valence electrons. The molecule has 2 aliphatic carbocycles. The molecule has 5 heteroatoms. The molecule has 0 aromatic heterocycles. The molecule has 3 aliphatic rings. The van der Waals surface area contributed by atoms with Gasteiger partial charge in [-0.2, -0.15) is 0 Å². The number of amides is 1. The number of benzene rings is 1. The van der Waals surface area contributed by atoms with Crippen molar-refractivity contribution in [2.45, 2.75) is 18.9 Å². The van der Waals surface area contributed by atoms with E-state index in [2.05, 4.69) is 5.32 Å². The average molecular weight is 273 g/mol. The molecule has 4 rings (SSSR count). The normalized spacial score (nSPS) is 37.0. The molecule has 1 saturated heterocycles. The summed E-state index contributed by atoms with van der Waals surface area (Å²) in [6.45, 7) is 0. The quantitative estimate of drug-likeness (QED) is 0.633. The Kier molecular flexibility index (Phi) is 2.34. The van der Waals surface area contributed by atoms with E-state index >= 15 is 0 Å². The van der Waals surface area contributed by atoms with Crippen LogP contribution in [0, 0.1) is 23.7 Å². The maximum Gasteiger partial charge on any atom is 0.310 e. The molecule has 20 heavy (non-hydrogen) atoms. The molecular weight excluding hydrogens is 258 g/mol. The summed E-state index contributed by atoms with van der Waals surface area (Å²) < 4.78 is 5.33. The maximum atomic E-state index is 12.4. The first-order valence-corrected chi connectivity index (χ1v) is 6.94. The fourth-order valence-electron chi connectivity index (χ4n) is 4.13. The van der Waals surface area contributed by atoms with Gasteiger partial charge in [-0.3, -0.25) is 9.59 Å². The SMILES string of the molecule is O=C(Nc1ccc(O)cc1)[C@@H]1[C@@H]2C[C@@H]3[C@@H]1C(=O)O[C@@H]3C2. The Morgan fingerprint density at radius 2 is 2.00 bits per heavy atom. The summed E-state index contributed by atoms with van der Waals surface area (Å²) in [6, 6.07) is 6.35. The van der Waals surface area contributed by atoms with Crippen LogP contribution in [0.2, 0.25) is 0 Å². The van der Waals surface area contributed by atoms with Crippen molar-refractivity contribution in [1.82, 2.24) is 0 Å². The van der Waals surface area contributed by atoms with Crippen LogP contribution in [0.15, 0.2) is 24.3 Å². The molecule has 1 aromatic carbocycles. The van der Waals surface area contributed by atoms with Crippen LogP contribution < -0.4 is 5.32 Å². The van der Waals surface area contributed by atoms with Gasteiger partial charge in [0.25, 0.3) is 0 Å². The minimum Gasteiger partial charge on any atom is -0.508 e. The molecule has 0 unspecified atom stereocenters. The Balaban J connectivity index is 1.54. The number of ether oxygens (including phenoxy) is 1. The standard InChI is InChI=1S/C15H15NO4/c17-9-3-1-8(2-4-9)16-14(18)12-7-5-10-11(6-7)20-15(19)13(10)12/h1-4,7,10-13,17H,5-6H2,(H,16,18)/t7-,10+,11-,12-,13+/m1/s1. The molecule has 2 N–H and O–H groups in total. The van der Waals surface area contributed by atoms with Gasteiger partial charge in [-0.05, 0) is 43.0 Å². The highest BCUT2D eigenvalue weighted by Crippen LogP contribution is 2.57. The van der Waals surface area contributed by atoms with Crippen molar-refractivity contribution in [2.24, 2.45) is 23.7 Å². The topological polar surface area (TPSA) is 75.6 Å². The first kappa shape index (κ1) is 11.8. The number of nitrogens with one attached hydrogen (secondary N) is 1. The third-order valence-corrected chi connectivity index (χ3v) is 4.92. The summed E-state index contributed by atoms with van der Waals surface area (Å²) in [4.78, 5) is 24.3. The van der Waals surface area contributed by atoms with Crippen LogP contribution in [0.4, 0.5) is 5.69 Å². The predicted octanol–water partition coefficient (Wildman–Crippen LogP) is 1.53. The van der Waals surface area contributed by atoms with E-state index in [1.165, 1.54) is 12.1 Å². The van der Waals surface area contributed by atoms with E-state index in [4.69, 9.17) is 4.74 Å². The van der Waals surface area contributed by atoms with Gasteiger partial charge >= 0.3 is 5.97 Å². The molecule has 0 radical (unpaired) electrons. The number of phenolic OH excluding ortho intramolecular Hbond substituents is 1. The van der Waals surface area contributed by atoms with Gasteiger partial charge in [0.05, 0.1) is 11.8 Å². The maximum absolute atomic E-state index is 12.4. The lowest BCUT2D eigenvalue weighted by atomic mass is 9.79. The number of anilines is 1. The lowest BCUT2D eigenvalue weighted by Crippen LogP contribution is -2.35. The molecule has 2 saturated carbocycles. The second-order valence-corrected chi connectivity index (χ2v) is 5.96. The summed E-state index contributed by atoms with van der Waals surface area (Å²) in [5, 5.41) is 12.1. The molecule has 0 spiro atoms. The van der Waals surface area contributed by atoms with Gasteiger partial charge in [-0.15, -0.1) is 0 Å². The monoisotopic (exact) mass is 273 g/mol. The van der Waals surface area contributed by atoms with Gasteiger partial charge in [-0.1, -0.05) is 0 Å². The zero-order chi connectivity index (χ0) is 13.9. The van der Waals surface area contributed by atoms with E-state index in [0.717, 1.165) is 12.8 Å². The minimum atomic E-state index is -0.264. The van der Waals surface area contributed by atoms with Crippen LogP contribution in [-0.4, -0.2) is 23.1 Å². The van der Waals surface area contributed by atoms with E-state index in [0.29, 0.717) is 5.69 Å². The average Bonchev–Trinajstić information content (AvgIpc) is 3.02. The first-order chi connectivity index (χ1) is 9.63. The summed E-state index contributed by atoms with van der Waals surface area (Å²) in [5.41, 5.74) is 0.637. The van der Waals surface area contributed by atoms with Gasteiger partial charge in [0, 0.05) is 11.6 Å². The van der Waals surface area contributed by atoms with Crippen molar-refractivity contribution in [3.63, 3.8) is 0 Å². The van der Waals surface area contributed by atoms with E-state index in [1.54, 1.807) is 12.1 Å². The van der Waals surface area contributed by atoms with Crippen molar-refractivity contribution >= 4 is 17.6 Å². The van der Waals surface area contributed by atoms with Crippen molar-refractivity contribution in [1.29, 1.82) is 0 Å². The Labute approximate surface area is 115 Å². The first-order valence-electron chi connectivity index (χ1n) is 6.94. The smallest absolute Gasteiger partial charge is 0.310 e. The highest BCUT2D eigenvalue weighted by atomic mass is 16.6. The number of carbonyl (C=O) groups is 2. The van der Waals surface area contributed by atoms with Crippen molar-refractivity contribution in [3.05, 3.63) is 24.3 Å². The summed E-state index contributed by atoms with van der Waals surface area (Å²) in [7, 11) is 0. The number of esters is 1. The number of rotatable bonds is 2. The van der Waals surface area contributed by atoms with Crippen LogP contribution in [0.25, 0.3) is 0 Å². The Hall–Kier alpha value is -2.04. The summed E-state index contributed by atoms with van der Waals surface area (Å²) >= 11 is 0. The predicted molar refractivity (Wildman–Crippen MR) is 69.8 cm³/mol. The molecule has 1 aliphatic heterocycles. The number of hydrogen-bond acceptors (Lipinski definition) is 4. The van der Waals surface area contributed by atoms with Crippen molar-refractivity contribution < 1.29 is 19.4 Å². The zero-order valence-electron chi connectivity index (χ0n) is 10.8. The third kappa shape index (κ3) is 1.55. The second kappa shape index (κ2) is 3.98. The van der Waals surface area contributed by atoms with Crippen molar-refractivity contribution in [2.75, 3.05) is 5.32 Å². The van der Waals surface area contributed by atoms with E-state index in [1.807, 2.05) is 0 Å². The van der Waals surface area contributed by atoms with E-state index < -0.39 is 0 Å². The zero-order valence-corrected chi connectivity index (χ0v) is 10.8. The number of hydrogen-bond donors (Lipinski definition) is 2. The lowest BCUT2D eigenvalue weighted by molar-refractivity contribution is -0.145. The lowest BCUT2D eigenvalue weighted by Gasteiger charge is -2.23. The Morgan fingerprint density at radius 3 is 2.75 bits per heavy atom. The molecule has 5 atom stereocenters. The molecule has 1 aromatic rings. The fraction of sp³-hybridized carbons (Fsp3) is 0.467. The number of carbonyl (C=O) groups excluding carboxylic acids is 2. The summed E-state index contributed by atoms with van der Waals surface area (Å²) in [6.07, 6.45) is 1.80. The largest absolute Gasteiger partial charge is 0.508 e. The number of aromatic hydroxyl groups is 1. The molecule has 1 amide bonds. The Morgan fingerprint density at radius 1 is 1.25 bits per heavy atom. The van der Waals surface area contributed by atoms with Crippen LogP contribution in [0.5, 0.6) is 5.75 Å². The highest BCUT2D eigenvalue weighted by molar-refractivity contribution is 5.96.